The van der Waals surface area contributed by atoms with E-state index in [2.05, 4.69) is 19.9 Å². The zero-order valence-electron chi connectivity index (χ0n) is 10.9. The molecule has 17 heavy (non-hydrogen) atoms. The molecule has 1 aromatic rings. The summed E-state index contributed by atoms with van der Waals surface area (Å²) in [5.41, 5.74) is 3.43. The molecule has 0 radical (unpaired) electrons. The Morgan fingerprint density at radius 1 is 1.24 bits per heavy atom. The predicted molar refractivity (Wildman–Crippen MR) is 69.5 cm³/mol. The fraction of sp³-hybridized carbons (Fsp3) is 0.600. The van der Waals surface area contributed by atoms with Crippen LogP contribution in [0.15, 0.2) is 12.1 Å². The maximum atomic E-state index is 9.83. The minimum absolute atomic E-state index is 0.181. The molecule has 1 aliphatic rings. The van der Waals surface area contributed by atoms with E-state index in [0.29, 0.717) is 17.6 Å². The molecule has 0 spiro atoms. The summed E-state index contributed by atoms with van der Waals surface area (Å²) in [4.78, 5) is 0. The van der Waals surface area contributed by atoms with Crippen LogP contribution in [0.4, 0.5) is 0 Å². The Balaban J connectivity index is 2.51. The number of aliphatic hydroxyl groups excluding tert-OH is 1. The summed E-state index contributed by atoms with van der Waals surface area (Å²) in [7, 11) is 0. The fourth-order valence-corrected chi connectivity index (χ4v) is 2.98. The molecule has 0 bridgehead atoms. The summed E-state index contributed by atoms with van der Waals surface area (Å²) in [5, 5.41) is 19.3. The summed E-state index contributed by atoms with van der Waals surface area (Å²) >= 11 is 0. The molecule has 0 saturated carbocycles. The third-order valence-corrected chi connectivity index (χ3v) is 4.09. The maximum Gasteiger partial charge on any atom is 0.118 e. The molecule has 2 N–H and O–H groups in total. The van der Waals surface area contributed by atoms with Crippen LogP contribution in [0.1, 0.15) is 55.2 Å². The summed E-state index contributed by atoms with van der Waals surface area (Å²) in [5.74, 6) is 1.72. The van der Waals surface area contributed by atoms with Gasteiger partial charge in [-0.2, -0.15) is 0 Å². The summed E-state index contributed by atoms with van der Waals surface area (Å²) in [6.45, 7) is 6.61. The Hall–Kier alpha value is -1.02. The minimum atomic E-state index is 0.181. The number of fused-ring (bicyclic) bond motifs is 1. The van der Waals surface area contributed by atoms with Gasteiger partial charge in [0.25, 0.3) is 0 Å². The third kappa shape index (κ3) is 2.19. The van der Waals surface area contributed by atoms with E-state index >= 15 is 0 Å². The SMILES string of the molecule is Cc1cc2c(cc1O)[C@H](CO)CC[C@@H]2C(C)C. The van der Waals surface area contributed by atoms with E-state index in [-0.39, 0.29) is 12.5 Å². The van der Waals surface area contributed by atoms with Gasteiger partial charge in [-0.15, -0.1) is 0 Å². The second kappa shape index (κ2) is 4.69. The van der Waals surface area contributed by atoms with Gasteiger partial charge in [-0.1, -0.05) is 19.9 Å². The standard InChI is InChI=1S/C15H22O2/c1-9(2)12-5-4-11(8-16)13-7-15(17)10(3)6-14(12)13/h6-7,9,11-12,16-17H,4-5,8H2,1-3H3/t11-,12+/m0/s1. The summed E-state index contributed by atoms with van der Waals surface area (Å²) < 4.78 is 0. The highest BCUT2D eigenvalue weighted by Gasteiger charge is 2.29. The topological polar surface area (TPSA) is 40.5 Å². The normalized spacial score (nSPS) is 23.8. The first kappa shape index (κ1) is 12.4. The Kier molecular flexibility index (Phi) is 3.43. The van der Waals surface area contributed by atoms with Gasteiger partial charge in [0.2, 0.25) is 0 Å². The van der Waals surface area contributed by atoms with E-state index in [4.69, 9.17) is 0 Å². The van der Waals surface area contributed by atoms with Crippen molar-refractivity contribution < 1.29 is 10.2 Å². The van der Waals surface area contributed by atoms with Gasteiger partial charge in [0.05, 0.1) is 0 Å². The Morgan fingerprint density at radius 3 is 2.53 bits per heavy atom. The van der Waals surface area contributed by atoms with Crippen LogP contribution < -0.4 is 0 Å². The first-order valence-corrected chi connectivity index (χ1v) is 6.48. The number of phenols is 1. The van der Waals surface area contributed by atoms with Crippen molar-refractivity contribution in [1.29, 1.82) is 0 Å². The van der Waals surface area contributed by atoms with Crippen molar-refractivity contribution in [3.63, 3.8) is 0 Å². The number of phenolic OH excluding ortho intramolecular Hbond substituents is 1. The van der Waals surface area contributed by atoms with E-state index < -0.39 is 0 Å². The number of aliphatic hydroxyl groups is 1. The van der Waals surface area contributed by atoms with Crippen molar-refractivity contribution in [3.05, 3.63) is 28.8 Å². The van der Waals surface area contributed by atoms with Crippen molar-refractivity contribution in [1.82, 2.24) is 0 Å². The molecule has 0 aliphatic heterocycles. The average Bonchev–Trinajstić information content (AvgIpc) is 2.29. The Bertz CT molecular complexity index is 410. The van der Waals surface area contributed by atoms with Crippen LogP contribution in [0.2, 0.25) is 0 Å². The number of aromatic hydroxyl groups is 1. The van der Waals surface area contributed by atoms with Gasteiger partial charge in [0, 0.05) is 12.5 Å². The smallest absolute Gasteiger partial charge is 0.118 e. The van der Waals surface area contributed by atoms with E-state index in [1.54, 1.807) is 0 Å². The van der Waals surface area contributed by atoms with Crippen molar-refractivity contribution in [2.75, 3.05) is 6.61 Å². The minimum Gasteiger partial charge on any atom is -0.508 e. The molecule has 2 heteroatoms. The van der Waals surface area contributed by atoms with Gasteiger partial charge in [-0.25, -0.2) is 0 Å². The van der Waals surface area contributed by atoms with E-state index in [9.17, 15) is 10.2 Å². The Labute approximate surface area is 103 Å². The Morgan fingerprint density at radius 2 is 1.94 bits per heavy atom. The monoisotopic (exact) mass is 234 g/mol. The summed E-state index contributed by atoms with van der Waals surface area (Å²) in [6, 6.07) is 3.97. The van der Waals surface area contributed by atoms with E-state index in [0.717, 1.165) is 24.0 Å². The largest absolute Gasteiger partial charge is 0.508 e. The van der Waals surface area contributed by atoms with Gasteiger partial charge in [0.15, 0.2) is 0 Å². The van der Waals surface area contributed by atoms with Gasteiger partial charge in [-0.05, 0) is 54.4 Å². The molecule has 0 saturated heterocycles. The van der Waals surface area contributed by atoms with Crippen molar-refractivity contribution in [2.24, 2.45) is 5.92 Å². The molecular formula is C15H22O2. The molecule has 0 heterocycles. The van der Waals surface area contributed by atoms with Crippen LogP contribution in [0.25, 0.3) is 0 Å². The van der Waals surface area contributed by atoms with Crippen LogP contribution in [-0.2, 0) is 0 Å². The van der Waals surface area contributed by atoms with Crippen LogP contribution in [0, 0.1) is 12.8 Å². The number of hydrogen-bond acceptors (Lipinski definition) is 2. The van der Waals surface area contributed by atoms with Crippen molar-refractivity contribution in [2.45, 2.75) is 45.4 Å². The molecular weight excluding hydrogens is 212 g/mol. The van der Waals surface area contributed by atoms with Crippen LogP contribution >= 0.6 is 0 Å². The van der Waals surface area contributed by atoms with E-state index in [1.165, 1.54) is 5.56 Å². The van der Waals surface area contributed by atoms with Crippen molar-refractivity contribution >= 4 is 0 Å². The molecule has 0 unspecified atom stereocenters. The molecule has 0 amide bonds. The third-order valence-electron chi connectivity index (χ3n) is 4.09. The lowest BCUT2D eigenvalue weighted by Crippen LogP contribution is -2.20. The highest BCUT2D eigenvalue weighted by atomic mass is 16.3. The quantitative estimate of drug-likeness (QED) is 0.824. The highest BCUT2D eigenvalue weighted by molar-refractivity contribution is 5.46. The highest BCUT2D eigenvalue weighted by Crippen LogP contribution is 2.44. The lowest BCUT2D eigenvalue weighted by molar-refractivity contribution is 0.242. The van der Waals surface area contributed by atoms with Gasteiger partial charge in [0.1, 0.15) is 5.75 Å². The molecule has 0 aromatic heterocycles. The number of rotatable bonds is 2. The lowest BCUT2D eigenvalue weighted by Gasteiger charge is -2.33. The molecule has 1 aromatic carbocycles. The molecule has 2 nitrogen and oxygen atoms in total. The first-order valence-electron chi connectivity index (χ1n) is 6.48. The van der Waals surface area contributed by atoms with Gasteiger partial charge < -0.3 is 10.2 Å². The summed E-state index contributed by atoms with van der Waals surface area (Å²) in [6.07, 6.45) is 2.16. The van der Waals surface area contributed by atoms with Crippen LogP contribution in [-0.4, -0.2) is 16.8 Å². The molecule has 2 atom stereocenters. The fourth-order valence-electron chi connectivity index (χ4n) is 2.98. The average molecular weight is 234 g/mol. The van der Waals surface area contributed by atoms with Crippen LogP contribution in [0.5, 0.6) is 5.75 Å². The van der Waals surface area contributed by atoms with Crippen LogP contribution in [0.3, 0.4) is 0 Å². The number of aryl methyl sites for hydroxylation is 1. The zero-order valence-corrected chi connectivity index (χ0v) is 10.9. The molecule has 2 rings (SSSR count). The van der Waals surface area contributed by atoms with Crippen molar-refractivity contribution in [3.8, 4) is 5.75 Å². The number of hydrogen-bond donors (Lipinski definition) is 2. The van der Waals surface area contributed by atoms with Gasteiger partial charge in [-0.3, -0.25) is 0 Å². The molecule has 94 valence electrons. The van der Waals surface area contributed by atoms with E-state index in [1.807, 2.05) is 13.0 Å². The second-order valence-electron chi connectivity index (χ2n) is 5.57. The lowest BCUT2D eigenvalue weighted by atomic mass is 9.72. The van der Waals surface area contributed by atoms with Gasteiger partial charge >= 0.3 is 0 Å². The molecule has 0 fully saturated rings. The zero-order chi connectivity index (χ0) is 12.6. The maximum absolute atomic E-state index is 9.83. The second-order valence-corrected chi connectivity index (χ2v) is 5.57. The number of benzene rings is 1. The predicted octanol–water partition coefficient (Wildman–Crippen LogP) is 3.31. The molecule has 1 aliphatic carbocycles. The first-order chi connectivity index (χ1) is 8.04.